The van der Waals surface area contributed by atoms with Gasteiger partial charge in [0.1, 0.15) is 11.6 Å². The van der Waals surface area contributed by atoms with E-state index in [2.05, 4.69) is 30.9 Å². The lowest BCUT2D eigenvalue weighted by atomic mass is 9.87. The fourth-order valence-electron chi connectivity index (χ4n) is 4.15. The summed E-state index contributed by atoms with van der Waals surface area (Å²) in [6, 6.07) is 8.01. The molecule has 2 atom stereocenters. The molecule has 6 rings (SSSR count). The number of nitrogens with zero attached hydrogens (tertiary/aromatic N) is 6. The minimum atomic E-state index is -0.221. The summed E-state index contributed by atoms with van der Waals surface area (Å²) in [5.41, 5.74) is 2.41. The topological polar surface area (TPSA) is 49.6 Å². The lowest BCUT2D eigenvalue weighted by Crippen LogP contribution is -2.69. The molecule has 6 heterocycles. The van der Waals surface area contributed by atoms with Gasteiger partial charge in [-0.15, -0.1) is 0 Å². The van der Waals surface area contributed by atoms with E-state index in [1.807, 2.05) is 17.5 Å². The highest BCUT2D eigenvalue weighted by Crippen LogP contribution is 2.37. The highest BCUT2D eigenvalue weighted by Gasteiger charge is 2.45. The first kappa shape index (κ1) is 14.8. The zero-order valence-electron chi connectivity index (χ0n) is 14.0. The third kappa shape index (κ3) is 2.38. The molecule has 3 saturated heterocycles. The molecule has 6 nitrogen and oxygen atoms in total. The van der Waals surface area contributed by atoms with E-state index in [1.165, 1.54) is 12.5 Å². The Balaban J connectivity index is 1.38. The van der Waals surface area contributed by atoms with Gasteiger partial charge in [-0.3, -0.25) is 9.88 Å². The molecule has 128 valence electrons. The van der Waals surface area contributed by atoms with Gasteiger partial charge in [0.05, 0.1) is 11.9 Å². The van der Waals surface area contributed by atoms with E-state index in [9.17, 15) is 4.39 Å². The maximum absolute atomic E-state index is 13.9. The lowest BCUT2D eigenvalue weighted by Gasteiger charge is -2.57. The van der Waals surface area contributed by atoms with Gasteiger partial charge in [0.2, 0.25) is 0 Å². The van der Waals surface area contributed by atoms with Crippen LogP contribution in [-0.2, 0) is 6.54 Å². The fourth-order valence-corrected chi connectivity index (χ4v) is 4.15. The SMILES string of the molecule is Cc1cc(N2C3CC2CN(Cc2ncccc2F)C3)n2nccc2n1. The van der Waals surface area contributed by atoms with Crippen molar-refractivity contribution in [3.8, 4) is 0 Å². The average molecular weight is 338 g/mol. The first-order valence-corrected chi connectivity index (χ1v) is 8.60. The molecule has 0 N–H and O–H groups in total. The summed E-state index contributed by atoms with van der Waals surface area (Å²) in [5, 5.41) is 4.43. The van der Waals surface area contributed by atoms with Crippen LogP contribution in [0.2, 0.25) is 0 Å². The van der Waals surface area contributed by atoms with Crippen molar-refractivity contribution in [2.75, 3.05) is 18.0 Å². The lowest BCUT2D eigenvalue weighted by molar-refractivity contribution is 0.105. The molecule has 0 aromatic carbocycles. The molecule has 0 amide bonds. The monoisotopic (exact) mass is 338 g/mol. The van der Waals surface area contributed by atoms with Crippen LogP contribution in [0.1, 0.15) is 17.8 Å². The summed E-state index contributed by atoms with van der Waals surface area (Å²) in [5.74, 6) is 0.888. The van der Waals surface area contributed by atoms with Crippen molar-refractivity contribution in [3.05, 3.63) is 53.9 Å². The van der Waals surface area contributed by atoms with Crippen LogP contribution in [0.3, 0.4) is 0 Å². The Kier molecular flexibility index (Phi) is 3.24. The van der Waals surface area contributed by atoms with Crippen LogP contribution < -0.4 is 4.90 Å². The minimum Gasteiger partial charge on any atom is -0.348 e. The van der Waals surface area contributed by atoms with E-state index in [0.29, 0.717) is 24.3 Å². The molecule has 0 aliphatic carbocycles. The zero-order chi connectivity index (χ0) is 17.0. The molecular formula is C18H19FN6. The average Bonchev–Trinajstić information content (AvgIpc) is 3.05. The Labute approximate surface area is 144 Å². The normalized spacial score (nSPS) is 23.0. The number of piperazine rings is 1. The number of halogens is 1. The standard InChI is InChI=1S/C18H19FN6/c1-12-7-18(25-17(22-12)4-6-21-25)24-13-8-14(24)10-23(9-13)11-16-15(19)3-2-5-20-16/h2-7,13-14H,8-11H2,1H3. The van der Waals surface area contributed by atoms with E-state index >= 15 is 0 Å². The van der Waals surface area contributed by atoms with Gasteiger partial charge in [0.15, 0.2) is 5.65 Å². The van der Waals surface area contributed by atoms with Crippen LogP contribution in [0.5, 0.6) is 0 Å². The number of aromatic nitrogens is 4. The maximum atomic E-state index is 13.9. The van der Waals surface area contributed by atoms with Crippen molar-refractivity contribution in [1.82, 2.24) is 24.5 Å². The second-order valence-corrected chi connectivity index (χ2v) is 6.93. The molecule has 7 heteroatoms. The molecule has 3 aliphatic rings. The van der Waals surface area contributed by atoms with Gasteiger partial charge in [-0.05, 0) is 25.5 Å². The van der Waals surface area contributed by atoms with Crippen LogP contribution in [0.25, 0.3) is 5.65 Å². The van der Waals surface area contributed by atoms with Gasteiger partial charge in [-0.25, -0.2) is 9.37 Å². The number of fused-ring (bicyclic) bond motifs is 3. The zero-order valence-corrected chi connectivity index (χ0v) is 14.0. The first-order valence-electron chi connectivity index (χ1n) is 8.60. The summed E-state index contributed by atoms with van der Waals surface area (Å²) in [4.78, 5) is 13.5. The third-order valence-electron chi connectivity index (χ3n) is 5.21. The molecule has 25 heavy (non-hydrogen) atoms. The van der Waals surface area contributed by atoms with Crippen LogP contribution in [-0.4, -0.2) is 49.7 Å². The molecular weight excluding hydrogens is 319 g/mol. The first-order chi connectivity index (χ1) is 12.2. The molecule has 0 spiro atoms. The summed E-state index contributed by atoms with van der Waals surface area (Å²) >= 11 is 0. The molecule has 3 fully saturated rings. The second kappa shape index (κ2) is 5.49. The summed E-state index contributed by atoms with van der Waals surface area (Å²) in [6.07, 6.45) is 4.62. The van der Waals surface area contributed by atoms with E-state index in [4.69, 9.17) is 0 Å². The number of hydrogen-bond donors (Lipinski definition) is 0. The second-order valence-electron chi connectivity index (χ2n) is 6.93. The molecule has 2 unspecified atom stereocenters. The number of rotatable bonds is 3. The number of piperidine rings is 1. The quantitative estimate of drug-likeness (QED) is 0.731. The van der Waals surface area contributed by atoms with Gasteiger partial charge in [0.25, 0.3) is 0 Å². The summed E-state index contributed by atoms with van der Waals surface area (Å²) in [7, 11) is 0. The Morgan fingerprint density at radius 2 is 2.04 bits per heavy atom. The van der Waals surface area contributed by atoms with Gasteiger partial charge in [-0.2, -0.15) is 9.61 Å². The Bertz CT molecular complexity index is 926. The fraction of sp³-hybridized carbons (Fsp3) is 0.389. The minimum absolute atomic E-state index is 0.221. The Morgan fingerprint density at radius 3 is 2.84 bits per heavy atom. The Morgan fingerprint density at radius 1 is 1.20 bits per heavy atom. The van der Waals surface area contributed by atoms with Gasteiger partial charge >= 0.3 is 0 Å². The van der Waals surface area contributed by atoms with Crippen molar-refractivity contribution in [3.63, 3.8) is 0 Å². The van der Waals surface area contributed by atoms with Crippen molar-refractivity contribution in [2.24, 2.45) is 0 Å². The maximum Gasteiger partial charge on any atom is 0.157 e. The largest absolute Gasteiger partial charge is 0.348 e. The molecule has 0 saturated carbocycles. The van der Waals surface area contributed by atoms with E-state index in [-0.39, 0.29) is 5.82 Å². The highest BCUT2D eigenvalue weighted by atomic mass is 19.1. The predicted molar refractivity (Wildman–Crippen MR) is 91.9 cm³/mol. The van der Waals surface area contributed by atoms with Crippen LogP contribution in [0.4, 0.5) is 10.2 Å². The van der Waals surface area contributed by atoms with Crippen LogP contribution >= 0.6 is 0 Å². The van der Waals surface area contributed by atoms with Gasteiger partial charge in [-0.1, -0.05) is 0 Å². The van der Waals surface area contributed by atoms with Crippen molar-refractivity contribution in [2.45, 2.75) is 32.0 Å². The van der Waals surface area contributed by atoms with Gasteiger partial charge in [0, 0.05) is 55.7 Å². The predicted octanol–water partition coefficient (Wildman–Crippen LogP) is 2.03. The molecule has 2 bridgehead atoms. The van der Waals surface area contributed by atoms with Crippen LogP contribution in [0, 0.1) is 12.7 Å². The Hall–Kier alpha value is -2.54. The number of pyridine rings is 1. The molecule has 3 aliphatic heterocycles. The van der Waals surface area contributed by atoms with Crippen LogP contribution in [0.15, 0.2) is 36.7 Å². The van der Waals surface area contributed by atoms with Crippen molar-refractivity contribution < 1.29 is 4.39 Å². The molecule has 3 aromatic heterocycles. The third-order valence-corrected chi connectivity index (χ3v) is 5.21. The number of hydrogen-bond acceptors (Lipinski definition) is 5. The number of aryl methyl sites for hydroxylation is 1. The van der Waals surface area contributed by atoms with Crippen molar-refractivity contribution in [1.29, 1.82) is 0 Å². The van der Waals surface area contributed by atoms with Crippen molar-refractivity contribution >= 4 is 11.5 Å². The van der Waals surface area contributed by atoms with E-state index in [0.717, 1.165) is 30.2 Å². The molecule has 3 aromatic rings. The van der Waals surface area contributed by atoms with E-state index < -0.39 is 0 Å². The van der Waals surface area contributed by atoms with E-state index in [1.54, 1.807) is 18.5 Å². The number of anilines is 1. The summed E-state index contributed by atoms with van der Waals surface area (Å²) in [6.45, 7) is 4.41. The highest BCUT2D eigenvalue weighted by molar-refractivity contribution is 5.54. The van der Waals surface area contributed by atoms with Gasteiger partial charge < -0.3 is 4.90 Å². The smallest absolute Gasteiger partial charge is 0.157 e. The molecule has 0 radical (unpaired) electrons. The summed E-state index contributed by atoms with van der Waals surface area (Å²) < 4.78 is 15.8.